The molecule has 3 unspecified atom stereocenters. The highest BCUT2D eigenvalue weighted by atomic mass is 19.3. The van der Waals surface area contributed by atoms with Gasteiger partial charge in [-0.3, -0.25) is 9.59 Å². The highest BCUT2D eigenvalue weighted by molar-refractivity contribution is 5.84. The predicted molar refractivity (Wildman–Crippen MR) is 79.2 cm³/mol. The molecule has 3 atom stereocenters. The minimum absolute atomic E-state index is 0.0825. The number of nitrogen functional groups attached to an aromatic ring is 1. The lowest BCUT2D eigenvalue weighted by atomic mass is 9.55. The van der Waals surface area contributed by atoms with Crippen molar-refractivity contribution in [2.45, 2.75) is 38.0 Å². The molecule has 0 radical (unpaired) electrons. The molecule has 1 aliphatic rings. The largest absolute Gasteiger partial charge is 0.481 e. The van der Waals surface area contributed by atoms with E-state index in [0.29, 0.717) is 0 Å². The summed E-state index contributed by atoms with van der Waals surface area (Å²) in [6.07, 6.45) is -4.15. The number of carboxylic acid groups (broad SMARTS) is 2. The Hall–Kier alpha value is -2.25. The summed E-state index contributed by atoms with van der Waals surface area (Å²) in [4.78, 5) is 23.6. The number of hydrogen-bond donors (Lipinski definition) is 3. The molecule has 1 aromatic carbocycles. The summed E-state index contributed by atoms with van der Waals surface area (Å²) < 4.78 is 40.8. The molecule has 24 heavy (non-hydrogen) atoms. The minimum atomic E-state index is -2.91. The van der Waals surface area contributed by atoms with Crippen molar-refractivity contribution < 1.29 is 33.0 Å². The topological polar surface area (TPSA) is 101 Å². The lowest BCUT2D eigenvalue weighted by molar-refractivity contribution is -0.167. The maximum absolute atomic E-state index is 14.3. The number of carbonyl (C=O) groups is 2. The van der Waals surface area contributed by atoms with Crippen molar-refractivity contribution in [1.29, 1.82) is 0 Å². The molecule has 1 saturated carbocycles. The molecule has 5 nitrogen and oxygen atoms in total. The number of hydrogen-bond acceptors (Lipinski definition) is 3. The Bertz CT molecular complexity index is 681. The fraction of sp³-hybridized carbons (Fsp3) is 0.500. The van der Waals surface area contributed by atoms with E-state index in [2.05, 4.69) is 0 Å². The fourth-order valence-electron chi connectivity index (χ4n) is 3.65. The Morgan fingerprint density at radius 3 is 2.38 bits per heavy atom. The number of benzene rings is 1. The van der Waals surface area contributed by atoms with Gasteiger partial charge in [-0.15, -0.1) is 0 Å². The molecule has 4 N–H and O–H groups in total. The average Bonchev–Trinajstić information content (AvgIpc) is 2.46. The zero-order chi connectivity index (χ0) is 18.3. The molecule has 0 heterocycles. The van der Waals surface area contributed by atoms with E-state index in [1.807, 2.05) is 0 Å². The summed E-state index contributed by atoms with van der Waals surface area (Å²) >= 11 is 0. The van der Waals surface area contributed by atoms with E-state index in [9.17, 15) is 33.0 Å². The summed E-state index contributed by atoms with van der Waals surface area (Å²) in [6.45, 7) is 1.10. The Labute approximate surface area is 136 Å². The van der Waals surface area contributed by atoms with Crippen molar-refractivity contribution in [3.8, 4) is 0 Å². The number of carboxylic acids is 2. The van der Waals surface area contributed by atoms with Crippen molar-refractivity contribution in [3.63, 3.8) is 0 Å². The first kappa shape index (κ1) is 18.1. The highest BCUT2D eigenvalue weighted by Crippen LogP contribution is 2.53. The van der Waals surface area contributed by atoms with Crippen LogP contribution in [0.15, 0.2) is 18.2 Å². The standard InChI is InChI=1S/C16H18F3NO4/c1-15(13(21)22)7-16(14(23)24,5-4-10(15)12(18)19)9-3-2-8(20)6-11(9)17/h2-3,6,10,12H,4-5,7,20H2,1H3,(H,21,22)(H,23,24). The van der Waals surface area contributed by atoms with Crippen molar-refractivity contribution in [2.24, 2.45) is 11.3 Å². The third kappa shape index (κ3) is 2.70. The lowest BCUT2D eigenvalue weighted by Gasteiger charge is -2.46. The number of halogens is 3. The van der Waals surface area contributed by atoms with Gasteiger partial charge in [-0.25, -0.2) is 13.2 Å². The Morgan fingerprint density at radius 1 is 1.29 bits per heavy atom. The van der Waals surface area contributed by atoms with Crippen molar-refractivity contribution in [1.82, 2.24) is 0 Å². The Morgan fingerprint density at radius 2 is 1.92 bits per heavy atom. The summed E-state index contributed by atoms with van der Waals surface area (Å²) in [5, 5.41) is 19.1. The van der Waals surface area contributed by atoms with Crippen LogP contribution in [0.25, 0.3) is 0 Å². The molecule has 0 aliphatic heterocycles. The predicted octanol–water partition coefficient (Wildman–Crippen LogP) is 2.89. The van der Waals surface area contributed by atoms with Gasteiger partial charge in [0, 0.05) is 17.2 Å². The fourth-order valence-corrected chi connectivity index (χ4v) is 3.65. The van der Waals surface area contributed by atoms with Crippen LogP contribution in [0.2, 0.25) is 0 Å². The Balaban J connectivity index is 2.60. The van der Waals surface area contributed by atoms with E-state index >= 15 is 0 Å². The van der Waals surface area contributed by atoms with Crippen molar-refractivity contribution in [2.75, 3.05) is 5.73 Å². The maximum Gasteiger partial charge on any atom is 0.314 e. The number of nitrogens with two attached hydrogens (primary N) is 1. The van der Waals surface area contributed by atoms with Gasteiger partial charge in [0.1, 0.15) is 5.82 Å². The lowest BCUT2D eigenvalue weighted by Crippen LogP contribution is -2.53. The summed E-state index contributed by atoms with van der Waals surface area (Å²) in [7, 11) is 0. The van der Waals surface area contributed by atoms with E-state index in [4.69, 9.17) is 5.73 Å². The summed E-state index contributed by atoms with van der Waals surface area (Å²) in [5.74, 6) is -5.35. The van der Waals surface area contributed by atoms with E-state index < -0.39 is 47.3 Å². The van der Waals surface area contributed by atoms with Crippen LogP contribution in [0, 0.1) is 17.2 Å². The first-order valence-corrected chi connectivity index (χ1v) is 7.35. The molecule has 0 aromatic heterocycles. The van der Waals surface area contributed by atoms with Gasteiger partial charge in [0.25, 0.3) is 0 Å². The highest BCUT2D eigenvalue weighted by Gasteiger charge is 2.59. The third-order valence-electron chi connectivity index (χ3n) is 5.08. The normalized spacial score (nSPS) is 30.3. The van der Waals surface area contributed by atoms with Gasteiger partial charge in [0.2, 0.25) is 6.43 Å². The molecule has 1 aromatic rings. The number of aliphatic carboxylic acids is 2. The first-order chi connectivity index (χ1) is 11.0. The summed E-state index contributed by atoms with van der Waals surface area (Å²) in [6, 6.07) is 3.43. The molecule has 0 amide bonds. The van der Waals surface area contributed by atoms with Crippen molar-refractivity contribution >= 4 is 17.6 Å². The SMILES string of the molecule is CC1(C(=O)O)CC(C(=O)O)(c2ccc(N)cc2F)CCC1C(F)F. The molecule has 1 fully saturated rings. The summed E-state index contributed by atoms with van der Waals surface area (Å²) in [5.41, 5.74) is 1.43. The Kier molecular flexibility index (Phi) is 4.52. The monoisotopic (exact) mass is 345 g/mol. The quantitative estimate of drug-likeness (QED) is 0.729. The third-order valence-corrected chi connectivity index (χ3v) is 5.08. The molecule has 0 spiro atoms. The van der Waals surface area contributed by atoms with Crippen molar-refractivity contribution in [3.05, 3.63) is 29.6 Å². The second-order valence-electron chi connectivity index (χ2n) is 6.51. The van der Waals surface area contributed by atoms with Crippen LogP contribution in [-0.2, 0) is 15.0 Å². The van der Waals surface area contributed by atoms with E-state index in [1.165, 1.54) is 12.1 Å². The van der Waals surface area contributed by atoms with E-state index in [-0.39, 0.29) is 24.1 Å². The van der Waals surface area contributed by atoms with Gasteiger partial charge in [-0.2, -0.15) is 0 Å². The second-order valence-corrected chi connectivity index (χ2v) is 6.51. The van der Waals surface area contributed by atoms with Gasteiger partial charge in [-0.05, 0) is 38.3 Å². The van der Waals surface area contributed by atoms with Gasteiger partial charge < -0.3 is 15.9 Å². The van der Waals surface area contributed by atoms with E-state index in [1.54, 1.807) is 0 Å². The average molecular weight is 345 g/mol. The number of alkyl halides is 2. The zero-order valence-electron chi connectivity index (χ0n) is 12.9. The molecule has 8 heteroatoms. The van der Waals surface area contributed by atoms with Crippen LogP contribution >= 0.6 is 0 Å². The first-order valence-electron chi connectivity index (χ1n) is 7.35. The smallest absolute Gasteiger partial charge is 0.314 e. The van der Waals surface area contributed by atoms with Gasteiger partial charge in [-0.1, -0.05) is 6.07 Å². The molecular weight excluding hydrogens is 327 g/mol. The van der Waals surface area contributed by atoms with E-state index in [0.717, 1.165) is 13.0 Å². The van der Waals surface area contributed by atoms with Crippen LogP contribution in [-0.4, -0.2) is 28.6 Å². The van der Waals surface area contributed by atoms with Crippen LogP contribution < -0.4 is 5.73 Å². The van der Waals surface area contributed by atoms with Crippen LogP contribution in [0.5, 0.6) is 0 Å². The number of anilines is 1. The molecule has 2 rings (SSSR count). The molecule has 0 saturated heterocycles. The van der Waals surface area contributed by atoms with Gasteiger partial charge in [0.15, 0.2) is 0 Å². The van der Waals surface area contributed by atoms with Crippen LogP contribution in [0.3, 0.4) is 0 Å². The zero-order valence-corrected chi connectivity index (χ0v) is 12.9. The minimum Gasteiger partial charge on any atom is -0.481 e. The molecule has 132 valence electrons. The van der Waals surface area contributed by atoms with Crippen LogP contribution in [0.4, 0.5) is 18.9 Å². The molecule has 0 bridgehead atoms. The maximum atomic E-state index is 14.3. The molecular formula is C16H18F3NO4. The van der Waals surface area contributed by atoms with Crippen LogP contribution in [0.1, 0.15) is 31.7 Å². The van der Waals surface area contributed by atoms with Gasteiger partial charge in [0.05, 0.1) is 10.8 Å². The molecule has 1 aliphatic carbocycles. The second kappa shape index (κ2) is 5.99. The van der Waals surface area contributed by atoms with Gasteiger partial charge >= 0.3 is 11.9 Å². The number of rotatable bonds is 4.